The van der Waals surface area contributed by atoms with Gasteiger partial charge < -0.3 is 21.7 Å². The normalized spacial score (nSPS) is 14.7. The van der Waals surface area contributed by atoms with Crippen molar-refractivity contribution in [1.82, 2.24) is 5.32 Å². The van der Waals surface area contributed by atoms with Crippen molar-refractivity contribution in [2.24, 2.45) is 10.7 Å². The van der Waals surface area contributed by atoms with Crippen molar-refractivity contribution in [1.29, 1.82) is 0 Å². The first-order chi connectivity index (χ1) is 16.0. The van der Waals surface area contributed by atoms with Crippen LogP contribution in [0.15, 0.2) is 72.2 Å². The summed E-state index contributed by atoms with van der Waals surface area (Å²) in [4.78, 5) is 4.87. The minimum absolute atomic E-state index is 0.212. The number of rotatable bonds is 7. The lowest BCUT2D eigenvalue weighted by atomic mass is 10.0. The lowest BCUT2D eigenvalue weighted by Gasteiger charge is -2.28. The van der Waals surface area contributed by atoms with Gasteiger partial charge in [0.25, 0.3) is 0 Å². The van der Waals surface area contributed by atoms with Crippen molar-refractivity contribution in [3.05, 3.63) is 101 Å². The second kappa shape index (κ2) is 9.83. The number of nitrogens with two attached hydrogens (primary N) is 1. The van der Waals surface area contributed by atoms with Gasteiger partial charge in [0.15, 0.2) is 0 Å². The maximum Gasteiger partial charge on any atom is 0.149 e. The predicted molar refractivity (Wildman–Crippen MR) is 131 cm³/mol. The highest BCUT2D eigenvalue weighted by Gasteiger charge is 2.24. The molecule has 1 atom stereocenters. The molecule has 0 spiro atoms. The van der Waals surface area contributed by atoms with Crippen LogP contribution in [-0.2, 0) is 6.54 Å². The Kier molecular flexibility index (Phi) is 6.70. The van der Waals surface area contributed by atoms with Gasteiger partial charge in [-0.05, 0) is 30.2 Å². The SMILES string of the molecule is C=C(NC1=NC(c2ccccc2CN)Nc2ccccc21)c1cc(F)cc(F)c1NCCC. The molecule has 0 saturated heterocycles. The van der Waals surface area contributed by atoms with Crippen molar-refractivity contribution in [3.63, 3.8) is 0 Å². The Balaban J connectivity index is 1.73. The largest absolute Gasteiger partial charge is 0.382 e. The Morgan fingerprint density at radius 1 is 1.12 bits per heavy atom. The van der Waals surface area contributed by atoms with E-state index in [1.807, 2.05) is 55.5 Å². The number of amidine groups is 1. The molecular formula is C26H27F2N5. The number of nitrogens with zero attached hydrogens (tertiary/aromatic N) is 1. The van der Waals surface area contributed by atoms with E-state index in [-0.39, 0.29) is 11.9 Å². The van der Waals surface area contributed by atoms with Gasteiger partial charge in [-0.1, -0.05) is 49.9 Å². The fourth-order valence-electron chi connectivity index (χ4n) is 3.88. The smallest absolute Gasteiger partial charge is 0.149 e. The Morgan fingerprint density at radius 2 is 1.88 bits per heavy atom. The van der Waals surface area contributed by atoms with Crippen LogP contribution >= 0.6 is 0 Å². The first-order valence-corrected chi connectivity index (χ1v) is 10.9. The molecule has 0 bridgehead atoms. The number of anilines is 2. The fraction of sp³-hybridized carbons (Fsp3) is 0.192. The van der Waals surface area contributed by atoms with Crippen molar-refractivity contribution in [2.75, 3.05) is 17.2 Å². The molecule has 0 amide bonds. The summed E-state index contributed by atoms with van der Waals surface area (Å²) in [5.74, 6) is -0.781. The standard InChI is InChI=1S/C26H27F2N5/c1-3-12-30-24-21(13-18(27)14-22(24)28)16(2)31-26-20-10-6-7-11-23(20)32-25(33-26)19-9-5-4-8-17(19)15-29/h4-11,13-14,25,30,32H,2-3,12,15,29H2,1H3,(H,31,33). The zero-order chi connectivity index (χ0) is 23.4. The average Bonchev–Trinajstić information content (AvgIpc) is 2.83. The third kappa shape index (κ3) is 4.73. The number of para-hydroxylation sites is 1. The van der Waals surface area contributed by atoms with Crippen LogP contribution in [0, 0.1) is 11.6 Å². The van der Waals surface area contributed by atoms with Gasteiger partial charge in [0.05, 0.1) is 5.69 Å². The molecule has 0 aliphatic carbocycles. The summed E-state index contributed by atoms with van der Waals surface area (Å²) in [6, 6.07) is 17.7. The van der Waals surface area contributed by atoms with E-state index in [0.717, 1.165) is 34.9 Å². The first-order valence-electron chi connectivity index (χ1n) is 10.9. The molecule has 33 heavy (non-hydrogen) atoms. The third-order valence-electron chi connectivity index (χ3n) is 5.50. The molecule has 170 valence electrons. The third-order valence-corrected chi connectivity index (χ3v) is 5.50. The van der Waals surface area contributed by atoms with E-state index in [0.29, 0.717) is 30.2 Å². The summed E-state index contributed by atoms with van der Waals surface area (Å²) in [7, 11) is 0. The number of benzene rings is 3. The Bertz CT molecular complexity index is 1210. The van der Waals surface area contributed by atoms with Crippen LogP contribution < -0.4 is 21.7 Å². The van der Waals surface area contributed by atoms with Gasteiger partial charge in [0.1, 0.15) is 23.6 Å². The van der Waals surface area contributed by atoms with E-state index in [1.54, 1.807) is 0 Å². The van der Waals surface area contributed by atoms with Gasteiger partial charge in [-0.25, -0.2) is 13.8 Å². The van der Waals surface area contributed by atoms with Gasteiger partial charge in [-0.2, -0.15) is 0 Å². The molecular weight excluding hydrogens is 420 g/mol. The summed E-state index contributed by atoms with van der Waals surface area (Å²) in [6.07, 6.45) is 0.418. The number of hydrogen-bond donors (Lipinski definition) is 4. The quantitative estimate of drug-likeness (QED) is 0.393. The fourth-order valence-corrected chi connectivity index (χ4v) is 3.88. The zero-order valence-corrected chi connectivity index (χ0v) is 18.5. The van der Waals surface area contributed by atoms with Crippen LogP contribution in [0.4, 0.5) is 20.2 Å². The van der Waals surface area contributed by atoms with E-state index in [4.69, 9.17) is 10.7 Å². The first kappa shape index (κ1) is 22.5. The summed E-state index contributed by atoms with van der Waals surface area (Å²) < 4.78 is 28.6. The second-order valence-corrected chi connectivity index (χ2v) is 7.81. The van der Waals surface area contributed by atoms with Crippen LogP contribution in [-0.4, -0.2) is 12.4 Å². The molecule has 0 fully saturated rings. The maximum atomic E-state index is 14.6. The Labute approximate surface area is 192 Å². The molecule has 5 N–H and O–H groups in total. The highest BCUT2D eigenvalue weighted by atomic mass is 19.1. The lowest BCUT2D eigenvalue weighted by molar-refractivity contribution is 0.584. The van der Waals surface area contributed by atoms with Crippen LogP contribution in [0.25, 0.3) is 5.70 Å². The highest BCUT2D eigenvalue weighted by Crippen LogP contribution is 2.32. The molecule has 0 radical (unpaired) electrons. The van der Waals surface area contributed by atoms with E-state index in [2.05, 4.69) is 22.5 Å². The maximum absolute atomic E-state index is 14.6. The molecule has 3 aromatic carbocycles. The van der Waals surface area contributed by atoms with Crippen LogP contribution in [0.1, 0.15) is 41.8 Å². The van der Waals surface area contributed by atoms with Gasteiger partial charge >= 0.3 is 0 Å². The van der Waals surface area contributed by atoms with E-state index >= 15 is 0 Å². The second-order valence-electron chi connectivity index (χ2n) is 7.81. The molecule has 1 unspecified atom stereocenters. The zero-order valence-electron chi connectivity index (χ0n) is 18.5. The predicted octanol–water partition coefficient (Wildman–Crippen LogP) is 5.38. The minimum Gasteiger partial charge on any atom is -0.382 e. The number of fused-ring (bicyclic) bond motifs is 1. The molecule has 3 aromatic rings. The number of hydrogen-bond acceptors (Lipinski definition) is 5. The van der Waals surface area contributed by atoms with Crippen molar-refractivity contribution in [2.45, 2.75) is 26.1 Å². The summed E-state index contributed by atoms with van der Waals surface area (Å²) in [5, 5.41) is 9.69. The van der Waals surface area contributed by atoms with E-state index < -0.39 is 11.6 Å². The molecule has 4 rings (SSSR count). The van der Waals surface area contributed by atoms with Crippen LogP contribution in [0.3, 0.4) is 0 Å². The molecule has 7 heteroatoms. The summed E-state index contributed by atoms with van der Waals surface area (Å²) in [5.41, 5.74) is 10.5. The van der Waals surface area contributed by atoms with Crippen molar-refractivity contribution >= 4 is 22.9 Å². The van der Waals surface area contributed by atoms with Gasteiger partial charge in [-0.15, -0.1) is 0 Å². The monoisotopic (exact) mass is 447 g/mol. The molecule has 1 heterocycles. The Hall–Kier alpha value is -3.71. The molecule has 5 nitrogen and oxygen atoms in total. The molecule has 0 aromatic heterocycles. The van der Waals surface area contributed by atoms with Crippen LogP contribution in [0.2, 0.25) is 0 Å². The molecule has 0 saturated carbocycles. The Morgan fingerprint density at radius 3 is 2.67 bits per heavy atom. The van der Waals surface area contributed by atoms with Gasteiger partial charge in [0.2, 0.25) is 0 Å². The van der Waals surface area contributed by atoms with E-state index in [1.165, 1.54) is 6.07 Å². The topological polar surface area (TPSA) is 74.5 Å². The van der Waals surface area contributed by atoms with Gasteiger partial charge in [-0.3, -0.25) is 0 Å². The van der Waals surface area contributed by atoms with Gasteiger partial charge in [0, 0.05) is 47.2 Å². The number of nitrogens with one attached hydrogen (secondary N) is 3. The number of aliphatic imine (C=N–C) groups is 1. The summed E-state index contributed by atoms with van der Waals surface area (Å²) in [6.45, 7) is 6.98. The highest BCUT2D eigenvalue weighted by molar-refractivity contribution is 6.08. The van der Waals surface area contributed by atoms with Crippen molar-refractivity contribution in [3.8, 4) is 0 Å². The molecule has 1 aliphatic rings. The minimum atomic E-state index is -0.671. The molecule has 1 aliphatic heterocycles. The summed E-state index contributed by atoms with van der Waals surface area (Å²) >= 11 is 0. The number of halogens is 2. The lowest BCUT2D eigenvalue weighted by Crippen LogP contribution is -2.30. The van der Waals surface area contributed by atoms with Crippen molar-refractivity contribution < 1.29 is 8.78 Å². The average molecular weight is 448 g/mol. The van der Waals surface area contributed by atoms with Crippen LogP contribution in [0.5, 0.6) is 0 Å². The van der Waals surface area contributed by atoms with E-state index in [9.17, 15) is 8.78 Å².